The highest BCUT2D eigenvalue weighted by atomic mass is 16.5. The maximum absolute atomic E-state index is 9.30. The molecule has 1 N–H and O–H groups in total. The molecule has 1 fully saturated rings. The number of nitrogens with zero attached hydrogens (tertiary/aromatic N) is 3. The van der Waals surface area contributed by atoms with Crippen LogP contribution in [0.15, 0.2) is 6.07 Å². The van der Waals surface area contributed by atoms with Crippen molar-refractivity contribution in [3.05, 3.63) is 17.5 Å². The van der Waals surface area contributed by atoms with Crippen molar-refractivity contribution in [1.29, 1.82) is 0 Å². The molecule has 1 aliphatic heterocycles. The van der Waals surface area contributed by atoms with Crippen LogP contribution in [-0.2, 0) is 18.3 Å². The molecule has 18 heavy (non-hydrogen) atoms. The SMILES string of the molecule is Cc1cc(CN2CC(CO)OC(C)(C)C2)n(C)n1. The number of aromatic nitrogens is 2. The van der Waals surface area contributed by atoms with Crippen LogP contribution in [-0.4, -0.2) is 51.2 Å². The summed E-state index contributed by atoms with van der Waals surface area (Å²) in [6.45, 7) is 8.69. The molecule has 1 atom stereocenters. The molecular weight excluding hydrogens is 230 g/mol. The van der Waals surface area contributed by atoms with E-state index in [0.717, 1.165) is 25.3 Å². The van der Waals surface area contributed by atoms with Gasteiger partial charge in [-0.2, -0.15) is 5.10 Å². The first-order chi connectivity index (χ1) is 8.39. The number of hydrogen-bond acceptors (Lipinski definition) is 4. The highest BCUT2D eigenvalue weighted by molar-refractivity contribution is 5.08. The molecule has 5 nitrogen and oxygen atoms in total. The van der Waals surface area contributed by atoms with Gasteiger partial charge in [0.05, 0.1) is 29.7 Å². The molecule has 1 aromatic heterocycles. The first-order valence-corrected chi connectivity index (χ1v) is 6.40. The molecule has 0 radical (unpaired) electrons. The van der Waals surface area contributed by atoms with Crippen LogP contribution in [0.2, 0.25) is 0 Å². The Labute approximate surface area is 108 Å². The van der Waals surface area contributed by atoms with Crippen molar-refractivity contribution in [2.24, 2.45) is 7.05 Å². The van der Waals surface area contributed by atoms with E-state index in [9.17, 15) is 5.11 Å². The zero-order chi connectivity index (χ0) is 13.3. The molecular formula is C13H23N3O2. The molecule has 1 saturated heterocycles. The van der Waals surface area contributed by atoms with Crippen LogP contribution < -0.4 is 0 Å². The van der Waals surface area contributed by atoms with Gasteiger partial charge < -0.3 is 9.84 Å². The van der Waals surface area contributed by atoms with Crippen molar-refractivity contribution in [2.45, 2.75) is 39.0 Å². The van der Waals surface area contributed by atoms with E-state index in [4.69, 9.17) is 4.74 Å². The van der Waals surface area contributed by atoms with Crippen LogP contribution >= 0.6 is 0 Å². The zero-order valence-corrected chi connectivity index (χ0v) is 11.7. The van der Waals surface area contributed by atoms with Gasteiger partial charge in [0.2, 0.25) is 0 Å². The Kier molecular flexibility index (Phi) is 3.75. The van der Waals surface area contributed by atoms with Gasteiger partial charge >= 0.3 is 0 Å². The average molecular weight is 253 g/mol. The predicted octanol–water partition coefficient (Wildman–Crippen LogP) is 0.700. The minimum Gasteiger partial charge on any atom is -0.394 e. The molecule has 102 valence electrons. The molecule has 1 aromatic rings. The van der Waals surface area contributed by atoms with Crippen molar-refractivity contribution in [1.82, 2.24) is 14.7 Å². The van der Waals surface area contributed by atoms with Crippen LogP contribution in [0.5, 0.6) is 0 Å². The van der Waals surface area contributed by atoms with Crippen molar-refractivity contribution >= 4 is 0 Å². The number of morpholine rings is 1. The largest absolute Gasteiger partial charge is 0.394 e. The molecule has 0 aromatic carbocycles. The summed E-state index contributed by atoms with van der Waals surface area (Å²) in [5.41, 5.74) is 2.03. The van der Waals surface area contributed by atoms with Crippen LogP contribution in [0.3, 0.4) is 0 Å². The minimum absolute atomic E-state index is 0.0738. The fourth-order valence-corrected chi connectivity index (χ4v) is 2.67. The molecule has 2 heterocycles. The molecule has 1 unspecified atom stereocenters. The second-order valence-electron chi connectivity index (χ2n) is 5.75. The molecule has 0 bridgehead atoms. The summed E-state index contributed by atoms with van der Waals surface area (Å²) in [7, 11) is 1.97. The monoisotopic (exact) mass is 253 g/mol. The Balaban J connectivity index is 2.06. The molecule has 1 aliphatic rings. The maximum Gasteiger partial charge on any atom is 0.0940 e. The summed E-state index contributed by atoms with van der Waals surface area (Å²) in [4.78, 5) is 2.32. The van der Waals surface area contributed by atoms with Gasteiger partial charge in [-0.1, -0.05) is 0 Å². The highest BCUT2D eigenvalue weighted by Crippen LogP contribution is 2.22. The number of aryl methyl sites for hydroxylation is 2. The third kappa shape index (κ3) is 3.10. The molecule has 0 amide bonds. The molecule has 5 heteroatoms. The van der Waals surface area contributed by atoms with E-state index < -0.39 is 0 Å². The lowest BCUT2D eigenvalue weighted by Crippen LogP contribution is -2.53. The number of aliphatic hydroxyl groups is 1. The van der Waals surface area contributed by atoms with Gasteiger partial charge in [0.25, 0.3) is 0 Å². The lowest BCUT2D eigenvalue weighted by atomic mass is 10.1. The van der Waals surface area contributed by atoms with E-state index in [1.54, 1.807) is 0 Å². The quantitative estimate of drug-likeness (QED) is 0.861. The smallest absolute Gasteiger partial charge is 0.0940 e. The standard InChI is InChI=1S/C13H23N3O2/c1-10-5-11(15(4)14-10)6-16-7-12(8-17)18-13(2,3)9-16/h5,12,17H,6-9H2,1-4H3. The Morgan fingerprint density at radius 2 is 2.28 bits per heavy atom. The van der Waals surface area contributed by atoms with Gasteiger partial charge in [-0.05, 0) is 26.8 Å². The second kappa shape index (κ2) is 4.99. The van der Waals surface area contributed by atoms with Crippen molar-refractivity contribution in [2.75, 3.05) is 19.7 Å². The third-order valence-electron chi connectivity index (χ3n) is 3.24. The maximum atomic E-state index is 9.30. The van der Waals surface area contributed by atoms with E-state index in [2.05, 4.69) is 29.9 Å². The molecule has 2 rings (SSSR count). The van der Waals surface area contributed by atoms with Gasteiger partial charge in [0.15, 0.2) is 0 Å². The van der Waals surface area contributed by atoms with Gasteiger partial charge in [0, 0.05) is 26.7 Å². The average Bonchev–Trinajstić information content (AvgIpc) is 2.55. The van der Waals surface area contributed by atoms with Crippen LogP contribution in [0.4, 0.5) is 0 Å². The third-order valence-corrected chi connectivity index (χ3v) is 3.24. The second-order valence-corrected chi connectivity index (χ2v) is 5.75. The number of hydrogen-bond donors (Lipinski definition) is 1. The lowest BCUT2D eigenvalue weighted by molar-refractivity contribution is -0.151. The van der Waals surface area contributed by atoms with Crippen molar-refractivity contribution in [3.8, 4) is 0 Å². The van der Waals surface area contributed by atoms with Crippen molar-refractivity contribution < 1.29 is 9.84 Å². The molecule has 0 saturated carbocycles. The van der Waals surface area contributed by atoms with Crippen LogP contribution in [0, 0.1) is 6.92 Å². The van der Waals surface area contributed by atoms with E-state index in [-0.39, 0.29) is 18.3 Å². The van der Waals surface area contributed by atoms with E-state index in [0.29, 0.717) is 0 Å². The summed E-state index contributed by atoms with van der Waals surface area (Å²) in [5.74, 6) is 0. The van der Waals surface area contributed by atoms with Gasteiger partial charge in [0.1, 0.15) is 0 Å². The van der Waals surface area contributed by atoms with E-state index in [1.807, 2.05) is 18.7 Å². The van der Waals surface area contributed by atoms with Gasteiger partial charge in [-0.3, -0.25) is 9.58 Å². The summed E-state index contributed by atoms with van der Waals surface area (Å²) in [5, 5.41) is 13.7. The summed E-state index contributed by atoms with van der Waals surface area (Å²) >= 11 is 0. The van der Waals surface area contributed by atoms with Crippen molar-refractivity contribution in [3.63, 3.8) is 0 Å². The van der Waals surface area contributed by atoms with Gasteiger partial charge in [-0.15, -0.1) is 0 Å². The lowest BCUT2D eigenvalue weighted by Gasteiger charge is -2.42. The first-order valence-electron chi connectivity index (χ1n) is 6.40. The molecule has 0 spiro atoms. The molecule has 0 aliphatic carbocycles. The summed E-state index contributed by atoms with van der Waals surface area (Å²) in [6, 6.07) is 2.11. The first kappa shape index (κ1) is 13.5. The van der Waals surface area contributed by atoms with Crippen LogP contribution in [0.1, 0.15) is 25.2 Å². The van der Waals surface area contributed by atoms with Crippen LogP contribution in [0.25, 0.3) is 0 Å². The number of rotatable bonds is 3. The Morgan fingerprint density at radius 1 is 1.56 bits per heavy atom. The number of ether oxygens (including phenoxy) is 1. The summed E-state index contributed by atoms with van der Waals surface area (Å²) in [6.07, 6.45) is -0.0944. The minimum atomic E-state index is -0.209. The Hall–Kier alpha value is -0.910. The fourth-order valence-electron chi connectivity index (χ4n) is 2.67. The highest BCUT2D eigenvalue weighted by Gasteiger charge is 2.33. The van der Waals surface area contributed by atoms with E-state index in [1.165, 1.54) is 5.69 Å². The zero-order valence-electron chi connectivity index (χ0n) is 11.7. The normalized spacial score (nSPS) is 24.4. The topological polar surface area (TPSA) is 50.5 Å². The number of aliphatic hydroxyl groups excluding tert-OH is 1. The van der Waals surface area contributed by atoms with Gasteiger partial charge in [-0.25, -0.2) is 0 Å². The Bertz CT molecular complexity index is 414. The predicted molar refractivity (Wildman–Crippen MR) is 69.3 cm³/mol. The summed E-state index contributed by atoms with van der Waals surface area (Å²) < 4.78 is 7.73. The Morgan fingerprint density at radius 3 is 2.83 bits per heavy atom. The van der Waals surface area contributed by atoms with E-state index >= 15 is 0 Å². The fraction of sp³-hybridized carbons (Fsp3) is 0.769.